The molecule has 57 heavy (non-hydrogen) atoms. The minimum absolute atomic E-state index is 0.160. The second kappa shape index (κ2) is 27.2. The molecule has 4 aliphatic heterocycles. The highest BCUT2D eigenvalue weighted by atomic mass is 16.5. The molecule has 0 unspecified atom stereocenters. The highest BCUT2D eigenvalue weighted by molar-refractivity contribution is 5.94. The van der Waals surface area contributed by atoms with Crippen LogP contribution in [0.4, 0.5) is 0 Å². The average Bonchev–Trinajstić information content (AvgIpc) is 3.77. The van der Waals surface area contributed by atoms with Crippen molar-refractivity contribution in [1.29, 1.82) is 0 Å². The molecule has 1 amide bonds. The van der Waals surface area contributed by atoms with Gasteiger partial charge in [0.2, 0.25) is 0 Å². The van der Waals surface area contributed by atoms with Gasteiger partial charge in [0.1, 0.15) is 24.7 Å². The Morgan fingerprint density at radius 1 is 0.526 bits per heavy atom. The number of nitrogens with zero attached hydrogens (tertiary/aromatic N) is 5. The zero-order valence-corrected chi connectivity index (χ0v) is 35.7. The molecule has 0 bridgehead atoms. The lowest BCUT2D eigenvalue weighted by Gasteiger charge is -2.32. The van der Waals surface area contributed by atoms with Gasteiger partial charge in [0, 0.05) is 84.7 Å². The van der Waals surface area contributed by atoms with Crippen LogP contribution in [0.25, 0.3) is 0 Å². The van der Waals surface area contributed by atoms with Crippen LogP contribution in [0.15, 0.2) is 72.8 Å². The molecule has 0 aliphatic carbocycles. The number of likely N-dealkylation sites (tertiary alicyclic amines) is 1. The Bertz CT molecular complexity index is 1470. The summed E-state index contributed by atoms with van der Waals surface area (Å²) in [6.45, 7) is 25.4. The van der Waals surface area contributed by atoms with Gasteiger partial charge in [-0.15, -0.1) is 0 Å². The molecule has 11 heteroatoms. The van der Waals surface area contributed by atoms with Gasteiger partial charge in [-0.05, 0) is 90.1 Å². The number of amides is 1. The molecule has 316 valence electrons. The molecule has 3 aromatic carbocycles. The number of rotatable bonds is 12. The first-order valence-corrected chi connectivity index (χ1v) is 21.0. The van der Waals surface area contributed by atoms with Gasteiger partial charge in [0.05, 0.1) is 33.0 Å². The Hall–Kier alpha value is -3.55. The van der Waals surface area contributed by atoms with Crippen LogP contribution < -0.4 is 9.47 Å². The summed E-state index contributed by atoms with van der Waals surface area (Å²) in [5, 5.41) is 0. The first-order chi connectivity index (χ1) is 27.8. The summed E-state index contributed by atoms with van der Waals surface area (Å²) in [6.07, 6.45) is 2.70. The van der Waals surface area contributed by atoms with Crippen LogP contribution in [0.2, 0.25) is 0 Å². The molecule has 11 nitrogen and oxygen atoms in total. The van der Waals surface area contributed by atoms with Crippen LogP contribution in [0.5, 0.6) is 11.5 Å². The van der Waals surface area contributed by atoms with Gasteiger partial charge < -0.3 is 33.5 Å². The van der Waals surface area contributed by atoms with Gasteiger partial charge in [0.25, 0.3) is 5.91 Å². The standard InChI is InChI=1S/C13H18N2O.C13H19NO2.C13H19NO.C7H15NO2/c1-11-3-5-12(6-4-11)13(16)15-9-7-14(2)8-10-15;1-12-2-4-13(5-3-12)16-11-8-14-6-9-15-10-7-14;1-12-4-6-13(7-5-12)15-11-10-14-8-2-3-9-14;1-9-5-2-8-3-6-10-7-4-8/h3-6H,7-10H2,1-2H3;2-5H,6-11H2,1H3;4-7H,2-3,8-11H2,1H3;2-7H2,1H3. The van der Waals surface area contributed by atoms with E-state index in [0.29, 0.717) is 0 Å². The van der Waals surface area contributed by atoms with Crippen molar-refractivity contribution in [3.63, 3.8) is 0 Å². The van der Waals surface area contributed by atoms with E-state index in [-0.39, 0.29) is 5.91 Å². The number of hydrogen-bond donors (Lipinski definition) is 0. The van der Waals surface area contributed by atoms with Crippen molar-refractivity contribution in [3.05, 3.63) is 95.1 Å². The Morgan fingerprint density at radius 3 is 1.33 bits per heavy atom. The minimum atomic E-state index is 0.160. The Morgan fingerprint density at radius 2 is 0.912 bits per heavy atom. The second-order valence-electron chi connectivity index (χ2n) is 15.2. The molecule has 0 atom stereocenters. The fraction of sp³-hybridized carbons (Fsp3) is 0.587. The van der Waals surface area contributed by atoms with Crippen molar-refractivity contribution in [3.8, 4) is 11.5 Å². The van der Waals surface area contributed by atoms with Crippen molar-refractivity contribution in [1.82, 2.24) is 24.5 Å². The first-order valence-electron chi connectivity index (χ1n) is 21.0. The maximum absolute atomic E-state index is 12.1. The number of aryl methyl sites for hydroxylation is 3. The van der Waals surface area contributed by atoms with E-state index >= 15 is 0 Å². The number of ether oxygens (including phenoxy) is 5. The monoisotopic (exact) mass is 790 g/mol. The van der Waals surface area contributed by atoms with Crippen molar-refractivity contribution in [2.75, 3.05) is 145 Å². The summed E-state index contributed by atoms with van der Waals surface area (Å²) < 4.78 is 26.8. The van der Waals surface area contributed by atoms with Gasteiger partial charge in [-0.3, -0.25) is 19.5 Å². The van der Waals surface area contributed by atoms with Crippen LogP contribution in [-0.4, -0.2) is 176 Å². The molecule has 4 aliphatic rings. The predicted molar refractivity (Wildman–Crippen MR) is 230 cm³/mol. The number of morpholine rings is 2. The smallest absolute Gasteiger partial charge is 0.253 e. The fourth-order valence-corrected chi connectivity index (χ4v) is 6.62. The van der Waals surface area contributed by atoms with Crippen LogP contribution in [0.1, 0.15) is 39.9 Å². The number of methoxy groups -OCH3 is 1. The summed E-state index contributed by atoms with van der Waals surface area (Å²) in [6, 6.07) is 24.3. The topological polar surface area (TPSA) is 79.4 Å². The SMILES string of the molecule is COCCN1CCOCC1.Cc1ccc(C(=O)N2CCN(C)CC2)cc1.Cc1ccc(OCCN2CCCC2)cc1.Cc1ccc(OCCN2CCOCC2)cc1. The molecule has 4 fully saturated rings. The average molecular weight is 790 g/mol. The van der Waals surface area contributed by atoms with Gasteiger partial charge in [0.15, 0.2) is 0 Å². The molecule has 0 radical (unpaired) electrons. The van der Waals surface area contributed by atoms with E-state index in [1.807, 2.05) is 60.4 Å². The van der Waals surface area contributed by atoms with Gasteiger partial charge >= 0.3 is 0 Å². The van der Waals surface area contributed by atoms with E-state index in [9.17, 15) is 4.79 Å². The molecule has 0 spiro atoms. The van der Waals surface area contributed by atoms with Crippen molar-refractivity contribution >= 4 is 5.91 Å². The van der Waals surface area contributed by atoms with E-state index in [1.165, 1.54) is 42.6 Å². The molecule has 0 aromatic heterocycles. The Labute approximate surface area is 343 Å². The van der Waals surface area contributed by atoms with Crippen LogP contribution in [-0.2, 0) is 14.2 Å². The van der Waals surface area contributed by atoms with Crippen molar-refractivity contribution in [2.24, 2.45) is 0 Å². The molecular weight excluding hydrogens is 719 g/mol. The minimum Gasteiger partial charge on any atom is -0.492 e. The molecular formula is C46H71N5O6. The fourth-order valence-electron chi connectivity index (χ4n) is 6.62. The van der Waals surface area contributed by atoms with Crippen LogP contribution >= 0.6 is 0 Å². The summed E-state index contributed by atoms with van der Waals surface area (Å²) in [5.41, 5.74) is 4.53. The lowest BCUT2D eigenvalue weighted by Crippen LogP contribution is -2.47. The number of carbonyl (C=O) groups excluding carboxylic acids is 1. The summed E-state index contributed by atoms with van der Waals surface area (Å²) in [5.74, 6) is 2.10. The van der Waals surface area contributed by atoms with Crippen LogP contribution in [0.3, 0.4) is 0 Å². The molecule has 0 saturated carbocycles. The zero-order valence-electron chi connectivity index (χ0n) is 35.7. The highest BCUT2D eigenvalue weighted by Crippen LogP contribution is 2.14. The Kier molecular flexibility index (Phi) is 22.0. The number of piperazine rings is 1. The van der Waals surface area contributed by atoms with Gasteiger partial charge in [-0.25, -0.2) is 0 Å². The number of hydrogen-bond acceptors (Lipinski definition) is 10. The van der Waals surface area contributed by atoms with Crippen molar-refractivity contribution < 1.29 is 28.5 Å². The van der Waals surface area contributed by atoms with Gasteiger partial charge in [-0.1, -0.05) is 53.1 Å². The molecule has 0 N–H and O–H groups in total. The Balaban J connectivity index is 0.000000171. The van der Waals surface area contributed by atoms with E-state index in [2.05, 4.69) is 64.8 Å². The van der Waals surface area contributed by atoms with E-state index < -0.39 is 0 Å². The predicted octanol–water partition coefficient (Wildman–Crippen LogP) is 5.52. The van der Waals surface area contributed by atoms with E-state index in [4.69, 9.17) is 23.7 Å². The molecule has 3 aromatic rings. The largest absolute Gasteiger partial charge is 0.492 e. The number of benzene rings is 3. The third kappa shape index (κ3) is 19.2. The molecule has 7 rings (SSSR count). The summed E-state index contributed by atoms with van der Waals surface area (Å²) in [7, 11) is 3.83. The molecule has 4 heterocycles. The van der Waals surface area contributed by atoms with Gasteiger partial charge in [-0.2, -0.15) is 0 Å². The number of carbonyl (C=O) groups is 1. The second-order valence-corrected chi connectivity index (χ2v) is 15.2. The third-order valence-corrected chi connectivity index (χ3v) is 10.5. The van der Waals surface area contributed by atoms with E-state index in [0.717, 1.165) is 135 Å². The van der Waals surface area contributed by atoms with E-state index in [1.54, 1.807) is 7.11 Å². The third-order valence-electron chi connectivity index (χ3n) is 10.5. The number of likely N-dealkylation sites (N-methyl/N-ethyl adjacent to an activating group) is 1. The maximum Gasteiger partial charge on any atom is 0.253 e. The first kappa shape index (κ1) is 46.1. The lowest BCUT2D eigenvalue weighted by atomic mass is 10.1. The summed E-state index contributed by atoms with van der Waals surface area (Å²) in [4.78, 5) is 23.5. The van der Waals surface area contributed by atoms with Crippen LogP contribution in [0, 0.1) is 20.8 Å². The normalized spacial score (nSPS) is 17.9. The molecule has 4 saturated heterocycles. The lowest BCUT2D eigenvalue weighted by molar-refractivity contribution is 0.0263. The quantitative estimate of drug-likeness (QED) is 0.234. The maximum atomic E-state index is 12.1. The highest BCUT2D eigenvalue weighted by Gasteiger charge is 2.20. The summed E-state index contributed by atoms with van der Waals surface area (Å²) >= 11 is 0. The van der Waals surface area contributed by atoms with Crippen molar-refractivity contribution in [2.45, 2.75) is 33.6 Å². The zero-order chi connectivity index (χ0) is 40.5.